The molecule has 2 atom stereocenters. The van der Waals surface area contributed by atoms with Crippen molar-refractivity contribution in [3.05, 3.63) is 99.3 Å². The van der Waals surface area contributed by atoms with Gasteiger partial charge < -0.3 is 14.7 Å². The van der Waals surface area contributed by atoms with Gasteiger partial charge in [0.05, 0.1) is 15.8 Å². The topological polar surface area (TPSA) is 54.3 Å². The van der Waals surface area contributed by atoms with Crippen molar-refractivity contribution in [1.29, 1.82) is 0 Å². The lowest BCUT2D eigenvalue weighted by atomic mass is 10.0. The quantitative estimate of drug-likeness (QED) is 0.365. The molecule has 0 saturated carbocycles. The van der Waals surface area contributed by atoms with Crippen molar-refractivity contribution in [3.63, 3.8) is 0 Å². The number of aliphatic hydroxyl groups excluding tert-OH is 1. The first-order chi connectivity index (χ1) is 16.9. The molecule has 0 saturated heterocycles. The van der Waals surface area contributed by atoms with E-state index < -0.39 is 6.10 Å². The number of nitrogens with zero attached hydrogens (tertiary/aromatic N) is 2. The van der Waals surface area contributed by atoms with Gasteiger partial charge in [-0.1, -0.05) is 64.8 Å². The summed E-state index contributed by atoms with van der Waals surface area (Å²) in [6.07, 6.45) is -0.343. The van der Waals surface area contributed by atoms with Gasteiger partial charge in [-0.05, 0) is 48.4 Å². The van der Waals surface area contributed by atoms with Crippen LogP contribution in [0.1, 0.15) is 23.1 Å². The highest BCUT2D eigenvalue weighted by Gasteiger charge is 2.26. The van der Waals surface area contributed by atoms with Crippen molar-refractivity contribution in [2.45, 2.75) is 32.1 Å². The molecule has 0 radical (unpaired) electrons. The number of para-hydroxylation sites is 1. The van der Waals surface area contributed by atoms with Gasteiger partial charge in [0, 0.05) is 31.6 Å². The molecule has 0 unspecified atom stereocenters. The highest BCUT2D eigenvalue weighted by atomic mass is 35.5. The zero-order valence-electron chi connectivity index (χ0n) is 19.3. The molecule has 0 bridgehead atoms. The Morgan fingerprint density at radius 3 is 2.63 bits per heavy atom. The van der Waals surface area contributed by atoms with E-state index in [2.05, 4.69) is 10.1 Å². The number of aryl methyl sites for hydroxylation is 1. The van der Waals surface area contributed by atoms with Gasteiger partial charge in [-0.25, -0.2) is 4.39 Å². The van der Waals surface area contributed by atoms with Gasteiger partial charge in [0.1, 0.15) is 30.4 Å². The van der Waals surface area contributed by atoms with Crippen LogP contribution in [0.3, 0.4) is 0 Å². The maximum Gasteiger partial charge on any atom is 0.145 e. The molecule has 0 aliphatic carbocycles. The van der Waals surface area contributed by atoms with E-state index in [4.69, 9.17) is 32.8 Å². The number of rotatable bonds is 10. The van der Waals surface area contributed by atoms with Crippen LogP contribution in [0, 0.1) is 12.7 Å². The number of halogens is 3. The smallest absolute Gasteiger partial charge is 0.145 e. The van der Waals surface area contributed by atoms with E-state index in [0.29, 0.717) is 36.1 Å². The van der Waals surface area contributed by atoms with Crippen molar-refractivity contribution in [3.8, 4) is 5.75 Å². The second kappa shape index (κ2) is 11.9. The molecular formula is C27H27Cl2FN2O3. The molecule has 0 amide bonds. The maximum atomic E-state index is 13.4. The number of oxime groups is 1. The van der Waals surface area contributed by atoms with E-state index in [-0.39, 0.29) is 18.5 Å². The largest absolute Gasteiger partial charge is 0.491 e. The highest BCUT2D eigenvalue weighted by Crippen LogP contribution is 2.26. The van der Waals surface area contributed by atoms with Gasteiger partial charge in [-0.2, -0.15) is 0 Å². The average Bonchev–Trinajstić information content (AvgIpc) is 3.30. The van der Waals surface area contributed by atoms with Crippen molar-refractivity contribution >= 4 is 28.9 Å². The summed E-state index contributed by atoms with van der Waals surface area (Å²) in [6.45, 7) is 3.51. The third kappa shape index (κ3) is 7.18. The molecule has 5 nitrogen and oxygen atoms in total. The summed E-state index contributed by atoms with van der Waals surface area (Å²) in [5.74, 6) is 0.459. The molecule has 3 aromatic carbocycles. The zero-order chi connectivity index (χ0) is 24.8. The third-order valence-corrected chi connectivity index (χ3v) is 6.50. The van der Waals surface area contributed by atoms with Gasteiger partial charge in [0.15, 0.2) is 0 Å². The van der Waals surface area contributed by atoms with E-state index in [1.54, 1.807) is 24.3 Å². The van der Waals surface area contributed by atoms with Crippen LogP contribution in [0.15, 0.2) is 71.9 Å². The number of hydrogen-bond donors (Lipinski definition) is 1. The SMILES string of the molecule is Cc1ccccc1OC[C@@H](O)CN(Cc1ccc(F)cc1)C[C@@H]1CC(c2ccc(Cl)c(Cl)c2)=NO1. The van der Waals surface area contributed by atoms with Crippen LogP contribution >= 0.6 is 23.2 Å². The van der Waals surface area contributed by atoms with Crippen LogP contribution in [-0.4, -0.2) is 47.6 Å². The standard InChI is InChI=1S/C27H27Cl2FN2O3/c1-18-4-2-3-5-27(18)34-17-22(33)15-32(14-19-6-9-21(30)10-7-19)16-23-13-26(31-35-23)20-8-11-24(28)25(29)12-20/h2-12,22-23,33H,13-17H2,1H3/t22-,23-/m0/s1. The van der Waals surface area contributed by atoms with Crippen molar-refractivity contribution in [2.24, 2.45) is 5.16 Å². The van der Waals surface area contributed by atoms with E-state index >= 15 is 0 Å². The van der Waals surface area contributed by atoms with E-state index in [1.165, 1.54) is 12.1 Å². The minimum absolute atomic E-state index is 0.154. The molecule has 8 heteroatoms. The predicted molar refractivity (Wildman–Crippen MR) is 137 cm³/mol. The van der Waals surface area contributed by atoms with Crippen LogP contribution < -0.4 is 4.74 Å². The van der Waals surface area contributed by atoms with Gasteiger partial charge in [-0.15, -0.1) is 0 Å². The summed E-state index contributed by atoms with van der Waals surface area (Å²) in [5, 5.41) is 15.9. The van der Waals surface area contributed by atoms with Gasteiger partial charge in [-0.3, -0.25) is 4.90 Å². The summed E-state index contributed by atoms with van der Waals surface area (Å²) >= 11 is 12.2. The van der Waals surface area contributed by atoms with Gasteiger partial charge >= 0.3 is 0 Å². The molecule has 35 heavy (non-hydrogen) atoms. The molecule has 0 spiro atoms. The molecule has 4 rings (SSSR count). The summed E-state index contributed by atoms with van der Waals surface area (Å²) in [7, 11) is 0. The van der Waals surface area contributed by atoms with Crippen molar-refractivity contribution < 1.29 is 19.1 Å². The Bertz CT molecular complexity index is 1170. The van der Waals surface area contributed by atoms with Crippen LogP contribution in [-0.2, 0) is 11.4 Å². The Labute approximate surface area is 214 Å². The highest BCUT2D eigenvalue weighted by molar-refractivity contribution is 6.42. The fourth-order valence-electron chi connectivity index (χ4n) is 3.97. The Morgan fingerprint density at radius 2 is 1.89 bits per heavy atom. The first-order valence-electron chi connectivity index (χ1n) is 11.4. The average molecular weight is 517 g/mol. The molecule has 0 fully saturated rings. The van der Waals surface area contributed by atoms with Gasteiger partial charge in [0.2, 0.25) is 0 Å². The third-order valence-electron chi connectivity index (χ3n) is 5.76. The predicted octanol–water partition coefficient (Wildman–Crippen LogP) is 5.88. The second-order valence-corrected chi connectivity index (χ2v) is 9.46. The minimum Gasteiger partial charge on any atom is -0.491 e. The maximum absolute atomic E-state index is 13.4. The van der Waals surface area contributed by atoms with E-state index in [9.17, 15) is 9.50 Å². The second-order valence-electron chi connectivity index (χ2n) is 8.65. The molecule has 1 heterocycles. The Hall–Kier alpha value is -2.64. The summed E-state index contributed by atoms with van der Waals surface area (Å²) in [6, 6.07) is 19.4. The van der Waals surface area contributed by atoms with Crippen LogP contribution in [0.25, 0.3) is 0 Å². The lowest BCUT2D eigenvalue weighted by Crippen LogP contribution is -2.39. The van der Waals surface area contributed by atoms with Crippen LogP contribution in [0.5, 0.6) is 5.75 Å². The molecule has 1 N–H and O–H groups in total. The van der Waals surface area contributed by atoms with Crippen LogP contribution in [0.2, 0.25) is 10.0 Å². The normalized spacial score (nSPS) is 16.2. The van der Waals surface area contributed by atoms with Gasteiger partial charge in [0.25, 0.3) is 0 Å². The lowest BCUT2D eigenvalue weighted by Gasteiger charge is -2.27. The number of ether oxygens (including phenoxy) is 1. The monoisotopic (exact) mass is 516 g/mol. The summed E-state index contributed by atoms with van der Waals surface area (Å²) in [4.78, 5) is 7.77. The summed E-state index contributed by atoms with van der Waals surface area (Å²) in [5.41, 5.74) is 3.59. The van der Waals surface area contributed by atoms with E-state index in [0.717, 1.165) is 28.2 Å². The van der Waals surface area contributed by atoms with Crippen LogP contribution in [0.4, 0.5) is 4.39 Å². The molecule has 3 aromatic rings. The van der Waals surface area contributed by atoms with Crippen molar-refractivity contribution in [1.82, 2.24) is 4.90 Å². The molecule has 1 aliphatic heterocycles. The first kappa shape index (κ1) is 25.5. The molecule has 184 valence electrons. The number of hydrogen-bond acceptors (Lipinski definition) is 5. The lowest BCUT2D eigenvalue weighted by molar-refractivity contribution is 0.0212. The Balaban J connectivity index is 1.39. The first-order valence-corrected chi connectivity index (χ1v) is 12.1. The fourth-order valence-corrected chi connectivity index (χ4v) is 4.27. The molecule has 1 aliphatic rings. The Kier molecular flexibility index (Phi) is 8.63. The zero-order valence-corrected chi connectivity index (χ0v) is 20.8. The number of aliphatic hydroxyl groups is 1. The van der Waals surface area contributed by atoms with E-state index in [1.807, 2.05) is 37.3 Å². The fraction of sp³-hybridized carbons (Fsp3) is 0.296. The molecular weight excluding hydrogens is 490 g/mol. The minimum atomic E-state index is -0.730. The number of benzene rings is 3. The summed E-state index contributed by atoms with van der Waals surface area (Å²) < 4.78 is 19.2. The molecule has 0 aromatic heterocycles. The Morgan fingerprint density at radius 1 is 1.11 bits per heavy atom. The van der Waals surface area contributed by atoms with Crippen molar-refractivity contribution in [2.75, 3.05) is 19.7 Å².